The van der Waals surface area contributed by atoms with Crippen LogP contribution in [0.2, 0.25) is 0 Å². The highest BCUT2D eigenvalue weighted by Crippen LogP contribution is 2.47. The molecule has 0 amide bonds. The van der Waals surface area contributed by atoms with Gasteiger partial charge in [0.1, 0.15) is 123 Å². The van der Waals surface area contributed by atoms with Crippen LogP contribution in [0.3, 0.4) is 0 Å². The van der Waals surface area contributed by atoms with Crippen molar-refractivity contribution in [2.24, 2.45) is 0 Å². The summed E-state index contributed by atoms with van der Waals surface area (Å²) in [5.74, 6) is -1.74. The number of ether oxygens (including phenoxy) is 9. The molecule has 0 saturated heterocycles. The van der Waals surface area contributed by atoms with Gasteiger partial charge in [0.25, 0.3) is 0 Å². The Morgan fingerprint density at radius 1 is 0.283 bits per heavy atom. The molecule has 4 rings (SSSR count). The van der Waals surface area contributed by atoms with Crippen LogP contribution in [0.4, 0.5) is 0 Å². The van der Waals surface area contributed by atoms with E-state index in [0.717, 1.165) is 0 Å². The van der Waals surface area contributed by atoms with Crippen LogP contribution in [0.15, 0.2) is 36.4 Å². The second-order valence-electron chi connectivity index (χ2n) is 10.7. The first-order valence-corrected chi connectivity index (χ1v) is 16.7. The minimum atomic E-state index is -0.540. The Labute approximate surface area is 340 Å². The molecule has 0 radical (unpaired) electrons. The maximum atomic E-state index is 9.49. The van der Waals surface area contributed by atoms with Crippen LogP contribution in [0.25, 0.3) is 34.2 Å². The van der Waals surface area contributed by atoms with Crippen LogP contribution in [0.1, 0.15) is 0 Å². The third kappa shape index (κ3) is 11.2. The summed E-state index contributed by atoms with van der Waals surface area (Å²) in [5.41, 5.74) is -0.304. The monoisotopic (exact) mass is 804 g/mol. The van der Waals surface area contributed by atoms with Gasteiger partial charge in [-0.05, 0) is 0 Å². The van der Waals surface area contributed by atoms with E-state index in [-0.39, 0.29) is 85.9 Å². The third-order valence-corrected chi connectivity index (χ3v) is 7.09. The molecule has 21 heteroatoms. The summed E-state index contributed by atoms with van der Waals surface area (Å²) in [6.45, 7) is -4.47. The van der Waals surface area contributed by atoms with Crippen molar-refractivity contribution in [2.45, 2.75) is 0 Å². The summed E-state index contributed by atoms with van der Waals surface area (Å²) in [6.07, 6.45) is 0. The van der Waals surface area contributed by atoms with Crippen LogP contribution in [-0.4, -0.2) is 74.4 Å². The highest BCUT2D eigenvalue weighted by molar-refractivity contribution is 5.82. The first-order chi connectivity index (χ1) is 29.4. The lowest BCUT2D eigenvalue weighted by Crippen LogP contribution is -2.09. The molecule has 1 heterocycles. The lowest BCUT2D eigenvalue weighted by Gasteiger charge is -2.20. The van der Waals surface area contributed by atoms with E-state index in [1.165, 1.54) is 36.4 Å². The Morgan fingerprint density at radius 3 is 0.617 bits per heavy atom. The Morgan fingerprint density at radius 2 is 0.450 bits per heavy atom. The van der Waals surface area contributed by atoms with E-state index >= 15 is 0 Å². The molecule has 0 aliphatic carbocycles. The normalized spacial score (nSPS) is 9.45. The zero-order valence-corrected chi connectivity index (χ0v) is 30.9. The second kappa shape index (κ2) is 22.6. The lowest BCUT2D eigenvalue weighted by atomic mass is 10.1. The van der Waals surface area contributed by atoms with Gasteiger partial charge < -0.3 is 42.6 Å². The fourth-order valence-electron chi connectivity index (χ4n) is 5.01. The third-order valence-electron chi connectivity index (χ3n) is 7.09. The van der Waals surface area contributed by atoms with Crippen molar-refractivity contribution in [2.75, 3.05) is 59.5 Å². The largest absolute Gasteiger partial charge is 0.478 e. The maximum Gasteiger partial charge on any atom is 0.174 e. The number of hydrogen-bond donors (Lipinski definition) is 0. The van der Waals surface area contributed by atoms with Gasteiger partial charge in [-0.15, -0.1) is 0 Å². The Balaban J connectivity index is 2.27. The van der Waals surface area contributed by atoms with Crippen molar-refractivity contribution in [3.8, 4) is 141 Å². The second-order valence-corrected chi connectivity index (χ2v) is 10.7. The van der Waals surface area contributed by atoms with Crippen molar-refractivity contribution in [1.29, 1.82) is 47.4 Å². The molecule has 0 unspecified atom stereocenters. The summed E-state index contributed by atoms with van der Waals surface area (Å²) >= 11 is 0. The van der Waals surface area contributed by atoms with Crippen LogP contribution in [0.5, 0.6) is 51.7 Å². The molecule has 0 aliphatic rings. The van der Waals surface area contributed by atoms with Crippen molar-refractivity contribution in [1.82, 2.24) is 15.0 Å². The standard InChI is InChI=1S/C39H24N12O9/c40-1-10-52-25-19-28(55-13-4-43)34(29(20-25)56-14-5-44)37-49-38(35-30(57-15-6-45)21-26(53-11-2-41)22-31(35)58-16-7-46)51-39(50-37)36-32(59-17-8-47)23-27(54-12-3-42)24-33(36)60-18-9-48/h19-24H,10-18H2. The molecule has 294 valence electrons. The van der Waals surface area contributed by atoms with Gasteiger partial charge in [0, 0.05) is 36.4 Å². The zero-order chi connectivity index (χ0) is 43.1. The number of nitriles is 9. The molecule has 0 aliphatic heterocycles. The number of benzene rings is 3. The van der Waals surface area contributed by atoms with E-state index in [1.807, 2.05) is 54.6 Å². The average Bonchev–Trinajstić information content (AvgIpc) is 3.27. The molecule has 0 saturated carbocycles. The van der Waals surface area contributed by atoms with Crippen LogP contribution in [-0.2, 0) is 0 Å². The van der Waals surface area contributed by atoms with Crippen molar-refractivity contribution >= 4 is 0 Å². The van der Waals surface area contributed by atoms with Crippen molar-refractivity contribution in [3.63, 3.8) is 0 Å². The molecule has 0 N–H and O–H groups in total. The first-order valence-electron chi connectivity index (χ1n) is 16.7. The SMILES string of the molecule is N#CCOc1cc(OCC#N)c(-c2nc(-c3c(OCC#N)cc(OCC#N)cc3OCC#N)nc(-c3c(OCC#N)cc(OCC#N)cc3OCC#N)n2)c(OCC#N)c1. The van der Waals surface area contributed by atoms with Crippen molar-refractivity contribution in [3.05, 3.63) is 36.4 Å². The van der Waals surface area contributed by atoms with E-state index < -0.39 is 59.5 Å². The smallest absolute Gasteiger partial charge is 0.174 e. The fourth-order valence-corrected chi connectivity index (χ4v) is 5.01. The molecular formula is C39H24N12O9. The molecular weight excluding hydrogens is 781 g/mol. The minimum Gasteiger partial charge on any atom is -0.478 e. The Bertz CT molecular complexity index is 2200. The first kappa shape index (κ1) is 43.0. The van der Waals surface area contributed by atoms with E-state index in [9.17, 15) is 47.4 Å². The van der Waals surface area contributed by atoms with E-state index in [1.54, 1.807) is 0 Å². The molecule has 1 aromatic heterocycles. The highest BCUT2D eigenvalue weighted by atomic mass is 16.5. The topological polar surface area (TPSA) is 336 Å². The molecule has 0 spiro atoms. The van der Waals surface area contributed by atoms with E-state index in [2.05, 4.69) is 0 Å². The summed E-state index contributed by atoms with van der Waals surface area (Å²) in [7, 11) is 0. The number of aromatic nitrogens is 3. The highest BCUT2D eigenvalue weighted by Gasteiger charge is 2.28. The summed E-state index contributed by atoms with van der Waals surface area (Å²) < 4.78 is 51.1. The predicted octanol–water partition coefficient (Wildman–Crippen LogP) is 3.99. The van der Waals surface area contributed by atoms with Gasteiger partial charge in [-0.25, -0.2) is 15.0 Å². The molecule has 4 aromatic rings. The molecule has 21 nitrogen and oxygen atoms in total. The van der Waals surface area contributed by atoms with Crippen LogP contribution >= 0.6 is 0 Å². The Kier molecular flexibility index (Phi) is 16.2. The van der Waals surface area contributed by atoms with Gasteiger partial charge >= 0.3 is 0 Å². The van der Waals surface area contributed by atoms with Crippen LogP contribution in [0, 0.1) is 102 Å². The number of hydrogen-bond acceptors (Lipinski definition) is 21. The van der Waals surface area contributed by atoms with Gasteiger partial charge in [-0.3, -0.25) is 0 Å². The lowest BCUT2D eigenvalue weighted by molar-refractivity contribution is 0.334. The molecule has 0 fully saturated rings. The maximum absolute atomic E-state index is 9.49. The van der Waals surface area contributed by atoms with Gasteiger partial charge in [0.15, 0.2) is 76.9 Å². The zero-order valence-electron chi connectivity index (χ0n) is 30.9. The molecule has 0 atom stereocenters. The molecule has 60 heavy (non-hydrogen) atoms. The number of nitrogens with zero attached hydrogens (tertiary/aromatic N) is 12. The summed E-state index contributed by atoms with van der Waals surface area (Å²) in [6, 6.07) is 24.4. The molecule has 3 aromatic carbocycles. The summed E-state index contributed by atoms with van der Waals surface area (Å²) in [5, 5.41) is 84.5. The van der Waals surface area contributed by atoms with E-state index in [0.29, 0.717) is 0 Å². The number of rotatable bonds is 21. The molecule has 0 bridgehead atoms. The fraction of sp³-hybridized carbons (Fsp3) is 0.231. The summed E-state index contributed by atoms with van der Waals surface area (Å²) in [4.78, 5) is 14.1. The Hall–Kier alpha value is -9.72. The van der Waals surface area contributed by atoms with Gasteiger partial charge in [-0.2, -0.15) is 47.4 Å². The predicted molar refractivity (Wildman–Crippen MR) is 196 cm³/mol. The van der Waals surface area contributed by atoms with E-state index in [4.69, 9.17) is 57.6 Å². The average molecular weight is 805 g/mol. The van der Waals surface area contributed by atoms with Gasteiger partial charge in [-0.1, -0.05) is 0 Å². The quantitative estimate of drug-likeness (QED) is 0.115. The van der Waals surface area contributed by atoms with Crippen molar-refractivity contribution < 1.29 is 42.6 Å². The van der Waals surface area contributed by atoms with Gasteiger partial charge in [0.05, 0.1) is 0 Å². The van der Waals surface area contributed by atoms with Crippen LogP contribution < -0.4 is 42.6 Å². The van der Waals surface area contributed by atoms with Gasteiger partial charge in [0.2, 0.25) is 0 Å². The minimum absolute atomic E-state index is 0.0235.